The second kappa shape index (κ2) is 6.83. The van der Waals surface area contributed by atoms with Gasteiger partial charge in [-0.3, -0.25) is 9.80 Å². The van der Waals surface area contributed by atoms with Crippen LogP contribution in [0.25, 0.3) is 0 Å². The van der Waals surface area contributed by atoms with Crippen LogP contribution < -0.4 is 9.47 Å². The van der Waals surface area contributed by atoms with Gasteiger partial charge in [-0.05, 0) is 55.5 Å². The van der Waals surface area contributed by atoms with E-state index in [9.17, 15) is 0 Å². The summed E-state index contributed by atoms with van der Waals surface area (Å²) in [6.45, 7) is 7.19. The third-order valence-electron chi connectivity index (χ3n) is 5.94. The van der Waals surface area contributed by atoms with Crippen molar-refractivity contribution in [3.05, 3.63) is 40.3 Å². The maximum Gasteiger partial charge on any atom is 0.231 e. The van der Waals surface area contributed by atoms with Gasteiger partial charge in [-0.1, -0.05) is 6.07 Å². The van der Waals surface area contributed by atoms with Crippen molar-refractivity contribution in [1.29, 1.82) is 0 Å². The highest BCUT2D eigenvalue weighted by atomic mass is 32.1. The molecule has 1 atom stereocenters. The lowest BCUT2D eigenvalue weighted by atomic mass is 9.79. The molecule has 0 radical (unpaired) electrons. The van der Waals surface area contributed by atoms with Crippen molar-refractivity contribution >= 4 is 11.3 Å². The topological polar surface area (TPSA) is 37.8 Å². The minimum Gasteiger partial charge on any atom is -0.454 e. The number of piperidine rings is 1. The van der Waals surface area contributed by atoms with E-state index in [4.69, 9.17) is 9.47 Å². The second-order valence-electron chi connectivity index (χ2n) is 7.89. The van der Waals surface area contributed by atoms with Crippen LogP contribution in [0.2, 0.25) is 0 Å². The smallest absolute Gasteiger partial charge is 0.231 e. The molecule has 4 heterocycles. The van der Waals surface area contributed by atoms with E-state index in [1.165, 1.54) is 56.0 Å². The minimum absolute atomic E-state index is 0.348. The van der Waals surface area contributed by atoms with Crippen molar-refractivity contribution in [2.45, 2.75) is 32.4 Å². The molecule has 2 saturated heterocycles. The lowest BCUT2D eigenvalue weighted by Gasteiger charge is -2.40. The molecule has 26 heavy (non-hydrogen) atoms. The normalized spacial score (nSPS) is 26.0. The Morgan fingerprint density at radius 2 is 1.92 bits per heavy atom. The number of rotatable bonds is 4. The summed E-state index contributed by atoms with van der Waals surface area (Å²) < 4.78 is 10.9. The van der Waals surface area contributed by atoms with Crippen molar-refractivity contribution in [1.82, 2.24) is 14.8 Å². The summed E-state index contributed by atoms with van der Waals surface area (Å²) in [7, 11) is 0. The van der Waals surface area contributed by atoms with Gasteiger partial charge in [0.05, 0.1) is 6.54 Å². The molecular formula is C20H25N3O2S. The molecule has 1 aromatic heterocycles. The molecule has 1 aromatic carbocycles. The number of thiazole rings is 1. The lowest BCUT2D eigenvalue weighted by Crippen LogP contribution is -2.44. The second-order valence-corrected chi connectivity index (χ2v) is 8.87. The summed E-state index contributed by atoms with van der Waals surface area (Å²) >= 11 is 1.77. The summed E-state index contributed by atoms with van der Waals surface area (Å²) in [6, 6.07) is 6.36. The third-order valence-corrected chi connectivity index (χ3v) is 6.71. The lowest BCUT2D eigenvalue weighted by molar-refractivity contribution is 0.0865. The van der Waals surface area contributed by atoms with Crippen LogP contribution in [0.5, 0.6) is 11.5 Å². The molecule has 5 nitrogen and oxygen atoms in total. The summed E-state index contributed by atoms with van der Waals surface area (Å²) in [4.78, 5) is 9.70. The zero-order valence-corrected chi connectivity index (χ0v) is 15.8. The highest BCUT2D eigenvalue weighted by Gasteiger charge is 2.41. The van der Waals surface area contributed by atoms with Crippen LogP contribution in [0, 0.1) is 5.41 Å². The van der Waals surface area contributed by atoms with Gasteiger partial charge in [0.25, 0.3) is 0 Å². The van der Waals surface area contributed by atoms with E-state index < -0.39 is 0 Å². The fourth-order valence-corrected chi connectivity index (χ4v) is 5.42. The Balaban J connectivity index is 1.22. The Hall–Kier alpha value is -1.63. The number of aromatic nitrogens is 1. The molecule has 1 spiro atoms. The molecule has 0 unspecified atom stereocenters. The molecular weight excluding hydrogens is 346 g/mol. The average molecular weight is 372 g/mol. The predicted molar refractivity (Wildman–Crippen MR) is 102 cm³/mol. The summed E-state index contributed by atoms with van der Waals surface area (Å²) in [5.74, 6) is 1.76. The molecule has 2 fully saturated rings. The Labute approximate surface area is 158 Å². The van der Waals surface area contributed by atoms with E-state index in [0.717, 1.165) is 24.6 Å². The highest BCUT2D eigenvalue weighted by Crippen LogP contribution is 2.40. The summed E-state index contributed by atoms with van der Waals surface area (Å²) in [6.07, 6.45) is 5.90. The molecule has 0 N–H and O–H groups in total. The van der Waals surface area contributed by atoms with E-state index in [2.05, 4.69) is 32.3 Å². The molecule has 3 aliphatic rings. The van der Waals surface area contributed by atoms with Crippen molar-refractivity contribution in [3.63, 3.8) is 0 Å². The van der Waals surface area contributed by atoms with E-state index in [1.807, 2.05) is 12.3 Å². The Kier molecular flexibility index (Phi) is 4.35. The largest absolute Gasteiger partial charge is 0.454 e. The van der Waals surface area contributed by atoms with Crippen molar-refractivity contribution in [3.8, 4) is 11.5 Å². The van der Waals surface area contributed by atoms with Crippen molar-refractivity contribution in [2.24, 2.45) is 5.41 Å². The molecule has 0 amide bonds. The molecule has 3 aliphatic heterocycles. The number of benzene rings is 1. The third kappa shape index (κ3) is 3.33. The van der Waals surface area contributed by atoms with Crippen LogP contribution in [-0.2, 0) is 13.1 Å². The number of fused-ring (bicyclic) bond motifs is 1. The first-order valence-corrected chi connectivity index (χ1v) is 10.4. The van der Waals surface area contributed by atoms with Gasteiger partial charge in [0.1, 0.15) is 5.01 Å². The van der Waals surface area contributed by atoms with Crippen molar-refractivity contribution in [2.75, 3.05) is 33.0 Å². The van der Waals surface area contributed by atoms with Gasteiger partial charge < -0.3 is 9.47 Å². The van der Waals surface area contributed by atoms with Crippen molar-refractivity contribution < 1.29 is 9.47 Å². The molecule has 0 saturated carbocycles. The maximum atomic E-state index is 5.53. The molecule has 0 aliphatic carbocycles. The van der Waals surface area contributed by atoms with Gasteiger partial charge in [0, 0.05) is 31.2 Å². The first-order valence-electron chi connectivity index (χ1n) is 9.50. The minimum atomic E-state index is 0.348. The fraction of sp³-hybridized carbons (Fsp3) is 0.550. The molecule has 5 rings (SSSR count). The van der Waals surface area contributed by atoms with Gasteiger partial charge in [-0.25, -0.2) is 4.98 Å². The van der Waals surface area contributed by atoms with Crippen LogP contribution in [0.4, 0.5) is 0 Å². The summed E-state index contributed by atoms with van der Waals surface area (Å²) in [5.41, 5.74) is 1.79. The Morgan fingerprint density at radius 3 is 2.81 bits per heavy atom. The predicted octanol–water partition coefficient (Wildman–Crippen LogP) is 3.36. The number of likely N-dealkylation sites (tertiary alicyclic amines) is 2. The Bertz CT molecular complexity index is 766. The van der Waals surface area contributed by atoms with E-state index >= 15 is 0 Å². The molecule has 138 valence electrons. The quantitative estimate of drug-likeness (QED) is 0.824. The number of ether oxygens (including phenoxy) is 2. The zero-order valence-electron chi connectivity index (χ0n) is 15.0. The average Bonchev–Trinajstić information content (AvgIpc) is 3.37. The standard InChI is InChI=1S/C20H25N3O2S/c1-4-20(13-22(7-1)12-19-21-6-9-26-19)5-8-23(14-20)11-16-2-3-17-18(10-16)25-15-24-17/h2-3,6,9-10H,1,4-5,7-8,11-15H2/t20-/m1/s1. The highest BCUT2D eigenvalue weighted by molar-refractivity contribution is 7.09. The molecule has 0 bridgehead atoms. The van der Waals surface area contributed by atoms with Gasteiger partial charge in [-0.2, -0.15) is 0 Å². The number of nitrogens with zero attached hydrogens (tertiary/aromatic N) is 3. The monoisotopic (exact) mass is 371 g/mol. The van der Waals surface area contributed by atoms with Gasteiger partial charge in [-0.15, -0.1) is 11.3 Å². The van der Waals surface area contributed by atoms with Crippen LogP contribution in [0.3, 0.4) is 0 Å². The van der Waals surface area contributed by atoms with Gasteiger partial charge in [0.15, 0.2) is 11.5 Å². The Morgan fingerprint density at radius 1 is 1.04 bits per heavy atom. The fourth-order valence-electron chi connectivity index (χ4n) is 4.76. The number of hydrogen-bond acceptors (Lipinski definition) is 6. The van der Waals surface area contributed by atoms with Crippen LogP contribution >= 0.6 is 11.3 Å². The van der Waals surface area contributed by atoms with Crippen LogP contribution in [-0.4, -0.2) is 47.8 Å². The number of hydrogen-bond donors (Lipinski definition) is 0. The zero-order chi connectivity index (χ0) is 17.4. The first-order chi connectivity index (χ1) is 12.8. The molecule has 6 heteroatoms. The van der Waals surface area contributed by atoms with E-state index in [1.54, 1.807) is 11.3 Å². The summed E-state index contributed by atoms with van der Waals surface area (Å²) in [5, 5.41) is 3.33. The molecule has 2 aromatic rings. The van der Waals surface area contributed by atoms with Gasteiger partial charge in [0.2, 0.25) is 6.79 Å². The van der Waals surface area contributed by atoms with Gasteiger partial charge >= 0.3 is 0 Å². The first kappa shape index (κ1) is 16.5. The van der Waals surface area contributed by atoms with Crippen LogP contribution in [0.1, 0.15) is 29.8 Å². The van der Waals surface area contributed by atoms with E-state index in [-0.39, 0.29) is 0 Å². The van der Waals surface area contributed by atoms with Crippen LogP contribution in [0.15, 0.2) is 29.8 Å². The maximum absolute atomic E-state index is 5.53. The van der Waals surface area contributed by atoms with E-state index in [0.29, 0.717) is 12.2 Å². The SMILES string of the molecule is c1csc(CN2CCC[C@@]3(CCN(Cc4ccc5c(c4)OCO5)C3)C2)n1.